The lowest BCUT2D eigenvalue weighted by Gasteiger charge is -2.39. The van der Waals surface area contributed by atoms with Crippen molar-refractivity contribution in [3.05, 3.63) is 82.6 Å². The summed E-state index contributed by atoms with van der Waals surface area (Å²) in [7, 11) is 2.33. The van der Waals surface area contributed by atoms with E-state index < -0.39 is 23.7 Å². The zero-order valence-corrected chi connectivity index (χ0v) is 19.9. The summed E-state index contributed by atoms with van der Waals surface area (Å²) in [5, 5.41) is 10.2. The Bertz CT molecular complexity index is 1280. The fourth-order valence-electron chi connectivity index (χ4n) is 4.55. The maximum absolute atomic E-state index is 15.3. The predicted octanol–water partition coefficient (Wildman–Crippen LogP) is 2.56. The number of nitriles is 1. The highest BCUT2D eigenvalue weighted by molar-refractivity contribution is 6.07. The van der Waals surface area contributed by atoms with Gasteiger partial charge in [0.2, 0.25) is 0 Å². The van der Waals surface area contributed by atoms with E-state index in [0.29, 0.717) is 31.9 Å². The zero-order valence-electron chi connectivity index (χ0n) is 19.9. The van der Waals surface area contributed by atoms with Gasteiger partial charge in [-0.1, -0.05) is 36.4 Å². The number of carbonyl (C=O) groups is 2. The molecule has 1 atom stereocenters. The Hall–Kier alpha value is -4.36. The summed E-state index contributed by atoms with van der Waals surface area (Å²) in [6.45, 7) is 1.55. The van der Waals surface area contributed by atoms with E-state index in [2.05, 4.69) is 6.07 Å². The Morgan fingerprint density at radius 1 is 1.06 bits per heavy atom. The number of para-hydroxylation sites is 1. The number of benzene rings is 2. The molecule has 0 aliphatic carbocycles. The maximum Gasteiger partial charge on any atom is 0.355 e. The summed E-state index contributed by atoms with van der Waals surface area (Å²) in [5.74, 6) is -3.43. The van der Waals surface area contributed by atoms with E-state index in [1.54, 1.807) is 41.3 Å². The monoisotopic (exact) mass is 492 g/mol. The van der Waals surface area contributed by atoms with E-state index in [0.717, 1.165) is 7.11 Å². The van der Waals surface area contributed by atoms with Gasteiger partial charge in [-0.2, -0.15) is 5.26 Å². The van der Waals surface area contributed by atoms with E-state index in [4.69, 9.17) is 19.9 Å². The van der Waals surface area contributed by atoms with Gasteiger partial charge in [-0.05, 0) is 17.7 Å². The summed E-state index contributed by atoms with van der Waals surface area (Å²) >= 11 is 0. The molecule has 2 aliphatic rings. The van der Waals surface area contributed by atoms with Crippen LogP contribution in [0.15, 0.2) is 71.2 Å². The molecule has 1 unspecified atom stereocenters. The summed E-state index contributed by atoms with van der Waals surface area (Å²) in [6.07, 6.45) is 0. The van der Waals surface area contributed by atoms with Gasteiger partial charge in [0, 0.05) is 13.1 Å². The average Bonchev–Trinajstić information content (AvgIpc) is 2.92. The number of methoxy groups -OCH3 is 2. The van der Waals surface area contributed by atoms with E-state index >= 15 is 4.39 Å². The van der Waals surface area contributed by atoms with E-state index in [-0.39, 0.29) is 34.0 Å². The minimum Gasteiger partial charge on any atom is -0.466 e. The van der Waals surface area contributed by atoms with Crippen molar-refractivity contribution in [3.63, 3.8) is 0 Å². The molecule has 1 saturated heterocycles. The molecule has 2 aromatic rings. The molecular formula is C26H25FN4O5. The van der Waals surface area contributed by atoms with E-state index in [1.165, 1.54) is 24.1 Å². The van der Waals surface area contributed by atoms with Crippen LogP contribution in [0.3, 0.4) is 0 Å². The second kappa shape index (κ2) is 10.5. The first-order valence-electron chi connectivity index (χ1n) is 11.2. The van der Waals surface area contributed by atoms with Crippen LogP contribution in [0, 0.1) is 17.1 Å². The molecule has 36 heavy (non-hydrogen) atoms. The normalized spacial score (nSPS) is 18.1. The Balaban J connectivity index is 2.06. The van der Waals surface area contributed by atoms with Gasteiger partial charge in [0.15, 0.2) is 0 Å². The van der Waals surface area contributed by atoms with Crippen LogP contribution in [0.5, 0.6) is 0 Å². The SMILES string of the molecule is COC(=O)C1=C(C(=O)OC)N(c2cccc(F)c2N2CCOCC2)C(N)=C(C#N)C1c1ccccc1. The summed E-state index contributed by atoms with van der Waals surface area (Å²) in [6, 6.07) is 15.1. The van der Waals surface area contributed by atoms with Gasteiger partial charge in [0.25, 0.3) is 0 Å². The van der Waals surface area contributed by atoms with Crippen LogP contribution in [-0.2, 0) is 23.8 Å². The molecular weight excluding hydrogens is 467 g/mol. The van der Waals surface area contributed by atoms with Crippen molar-refractivity contribution in [1.82, 2.24) is 0 Å². The first kappa shape index (κ1) is 24.8. The highest BCUT2D eigenvalue weighted by atomic mass is 19.1. The molecule has 2 N–H and O–H groups in total. The Morgan fingerprint density at radius 3 is 2.33 bits per heavy atom. The molecule has 0 spiro atoms. The van der Waals surface area contributed by atoms with Crippen molar-refractivity contribution >= 4 is 23.3 Å². The number of nitrogens with two attached hydrogens (primary N) is 1. The molecule has 0 bridgehead atoms. The number of carbonyl (C=O) groups excluding carboxylic acids is 2. The fourth-order valence-corrected chi connectivity index (χ4v) is 4.55. The first-order chi connectivity index (χ1) is 17.4. The number of esters is 2. The molecule has 0 saturated carbocycles. The number of anilines is 2. The average molecular weight is 493 g/mol. The maximum atomic E-state index is 15.3. The number of morpholine rings is 1. The smallest absolute Gasteiger partial charge is 0.355 e. The van der Waals surface area contributed by atoms with Gasteiger partial charge >= 0.3 is 11.9 Å². The minimum absolute atomic E-state index is 0.00596. The van der Waals surface area contributed by atoms with Crippen LogP contribution in [0.4, 0.5) is 15.8 Å². The van der Waals surface area contributed by atoms with Crippen molar-refractivity contribution in [2.24, 2.45) is 5.73 Å². The molecule has 2 aliphatic heterocycles. The van der Waals surface area contributed by atoms with Gasteiger partial charge in [-0.25, -0.2) is 14.0 Å². The summed E-state index contributed by atoms with van der Waals surface area (Å²) < 4.78 is 30.8. The third-order valence-corrected chi connectivity index (χ3v) is 6.14. The van der Waals surface area contributed by atoms with Crippen molar-refractivity contribution in [2.45, 2.75) is 5.92 Å². The lowest BCUT2D eigenvalue weighted by molar-refractivity contribution is -0.139. The number of rotatable bonds is 5. The Kier molecular flexibility index (Phi) is 7.22. The number of halogens is 1. The molecule has 9 nitrogen and oxygen atoms in total. The topological polar surface area (TPSA) is 118 Å². The van der Waals surface area contributed by atoms with Crippen LogP contribution in [0.1, 0.15) is 11.5 Å². The lowest BCUT2D eigenvalue weighted by Crippen LogP contribution is -2.43. The molecule has 2 heterocycles. The molecule has 1 fully saturated rings. The second-order valence-corrected chi connectivity index (χ2v) is 8.04. The molecule has 0 amide bonds. The molecule has 186 valence electrons. The molecule has 10 heteroatoms. The van der Waals surface area contributed by atoms with E-state index in [9.17, 15) is 14.9 Å². The van der Waals surface area contributed by atoms with Crippen LogP contribution in [-0.4, -0.2) is 52.5 Å². The Labute approximate surface area is 207 Å². The van der Waals surface area contributed by atoms with Crippen molar-refractivity contribution in [3.8, 4) is 6.07 Å². The van der Waals surface area contributed by atoms with E-state index in [1.807, 2.05) is 0 Å². The Morgan fingerprint density at radius 2 is 1.72 bits per heavy atom. The van der Waals surface area contributed by atoms with Gasteiger partial charge in [-0.15, -0.1) is 0 Å². The minimum atomic E-state index is -1.01. The number of hydrogen-bond acceptors (Lipinski definition) is 9. The number of ether oxygens (including phenoxy) is 3. The van der Waals surface area contributed by atoms with Crippen LogP contribution in [0.2, 0.25) is 0 Å². The molecule has 0 aromatic heterocycles. The number of nitrogens with zero attached hydrogens (tertiary/aromatic N) is 3. The lowest BCUT2D eigenvalue weighted by atomic mass is 9.81. The number of allylic oxidation sites excluding steroid dienone is 1. The van der Waals surface area contributed by atoms with Crippen LogP contribution in [0.25, 0.3) is 0 Å². The van der Waals surface area contributed by atoms with Gasteiger partial charge in [-0.3, -0.25) is 4.90 Å². The van der Waals surface area contributed by atoms with Crippen LogP contribution >= 0.6 is 0 Å². The van der Waals surface area contributed by atoms with Crippen LogP contribution < -0.4 is 15.5 Å². The fraction of sp³-hybridized carbons (Fsp3) is 0.269. The largest absolute Gasteiger partial charge is 0.466 e. The highest BCUT2D eigenvalue weighted by Crippen LogP contribution is 2.45. The molecule has 2 aromatic carbocycles. The standard InChI is InChI=1S/C26H25FN4O5/c1-34-25(32)21-20(16-7-4-3-5-8-16)17(15-28)24(29)31(23(21)26(33)35-2)19-10-6-9-18(27)22(19)30-11-13-36-14-12-30/h3-10,20H,11-14,29H2,1-2H3. The number of hydrogen-bond donors (Lipinski definition) is 1. The molecule has 0 radical (unpaired) electrons. The zero-order chi connectivity index (χ0) is 25.8. The van der Waals surface area contributed by atoms with Gasteiger partial charge in [0.05, 0.1) is 61.9 Å². The van der Waals surface area contributed by atoms with Crippen molar-refractivity contribution < 1.29 is 28.2 Å². The van der Waals surface area contributed by atoms with Gasteiger partial charge < -0.3 is 24.8 Å². The highest BCUT2D eigenvalue weighted by Gasteiger charge is 2.44. The second-order valence-electron chi connectivity index (χ2n) is 8.04. The first-order valence-corrected chi connectivity index (χ1v) is 11.2. The third-order valence-electron chi connectivity index (χ3n) is 6.14. The van der Waals surface area contributed by atoms with Crippen molar-refractivity contribution in [1.29, 1.82) is 5.26 Å². The summed E-state index contributed by atoms with van der Waals surface area (Å²) in [5.41, 5.74) is 7.04. The third kappa shape index (κ3) is 4.25. The summed E-state index contributed by atoms with van der Waals surface area (Å²) in [4.78, 5) is 29.4. The quantitative estimate of drug-likeness (QED) is 0.628. The predicted molar refractivity (Wildman–Crippen MR) is 129 cm³/mol. The van der Waals surface area contributed by atoms with Crippen molar-refractivity contribution in [2.75, 3.05) is 50.3 Å². The van der Waals surface area contributed by atoms with Gasteiger partial charge in [0.1, 0.15) is 17.3 Å². The molecule has 4 rings (SSSR count).